The number of hydrogen-bond acceptors (Lipinski definition) is 6. The molecule has 0 aliphatic rings. The fourth-order valence-electron chi connectivity index (χ4n) is 1.09. The highest BCUT2D eigenvalue weighted by atomic mass is 16.5. The van der Waals surface area contributed by atoms with Crippen molar-refractivity contribution < 1.29 is 19.1 Å². The van der Waals surface area contributed by atoms with Crippen LogP contribution in [0.25, 0.3) is 0 Å². The molecule has 0 aromatic carbocycles. The highest BCUT2D eigenvalue weighted by Gasteiger charge is 2.19. The van der Waals surface area contributed by atoms with Crippen LogP contribution in [0, 0.1) is 0 Å². The lowest BCUT2D eigenvalue weighted by molar-refractivity contribution is -0.147. The molecule has 0 aromatic heterocycles. The molecule has 0 rings (SSSR count). The molecular formula is C10H20N2O4. The number of rotatable bonds is 7. The van der Waals surface area contributed by atoms with Gasteiger partial charge in [-0.3, -0.25) is 9.59 Å². The lowest BCUT2D eigenvalue weighted by Gasteiger charge is -2.13. The lowest BCUT2D eigenvalue weighted by atomic mass is 10.1. The van der Waals surface area contributed by atoms with Gasteiger partial charge in [0.25, 0.3) is 0 Å². The van der Waals surface area contributed by atoms with E-state index in [1.807, 2.05) is 0 Å². The monoisotopic (exact) mass is 232 g/mol. The van der Waals surface area contributed by atoms with Crippen molar-refractivity contribution in [3.05, 3.63) is 0 Å². The normalized spacial score (nSPS) is 14.0. The predicted molar refractivity (Wildman–Crippen MR) is 58.5 cm³/mol. The summed E-state index contributed by atoms with van der Waals surface area (Å²) in [5.74, 6) is -0.947. The quantitative estimate of drug-likeness (QED) is 0.576. The molecule has 0 bridgehead atoms. The van der Waals surface area contributed by atoms with Crippen molar-refractivity contribution in [2.75, 3.05) is 13.2 Å². The van der Waals surface area contributed by atoms with Crippen molar-refractivity contribution >= 4 is 11.9 Å². The molecule has 2 unspecified atom stereocenters. The minimum atomic E-state index is -0.736. The van der Waals surface area contributed by atoms with E-state index in [4.69, 9.17) is 20.9 Å². The summed E-state index contributed by atoms with van der Waals surface area (Å²) in [6, 6.07) is -1.47. The van der Waals surface area contributed by atoms with Crippen LogP contribution >= 0.6 is 0 Å². The summed E-state index contributed by atoms with van der Waals surface area (Å²) in [6.45, 7) is 3.98. The van der Waals surface area contributed by atoms with Gasteiger partial charge in [-0.25, -0.2) is 0 Å². The van der Waals surface area contributed by atoms with E-state index in [0.29, 0.717) is 12.8 Å². The second-order valence-electron chi connectivity index (χ2n) is 3.29. The van der Waals surface area contributed by atoms with Gasteiger partial charge in [0.1, 0.15) is 12.1 Å². The summed E-state index contributed by atoms with van der Waals surface area (Å²) in [7, 11) is 0. The molecule has 0 spiro atoms. The third-order valence-corrected chi connectivity index (χ3v) is 1.97. The van der Waals surface area contributed by atoms with Gasteiger partial charge in [-0.15, -0.1) is 0 Å². The van der Waals surface area contributed by atoms with Crippen LogP contribution in [0.3, 0.4) is 0 Å². The summed E-state index contributed by atoms with van der Waals surface area (Å²) in [6.07, 6.45) is 0.609. The number of esters is 2. The maximum absolute atomic E-state index is 11.1. The third-order valence-electron chi connectivity index (χ3n) is 1.97. The minimum absolute atomic E-state index is 0.288. The zero-order valence-corrected chi connectivity index (χ0v) is 9.77. The van der Waals surface area contributed by atoms with Crippen LogP contribution in [0.5, 0.6) is 0 Å². The van der Waals surface area contributed by atoms with Crippen LogP contribution in [-0.2, 0) is 19.1 Å². The first-order valence-electron chi connectivity index (χ1n) is 5.37. The average molecular weight is 232 g/mol. The van der Waals surface area contributed by atoms with E-state index >= 15 is 0 Å². The summed E-state index contributed by atoms with van der Waals surface area (Å²) in [4.78, 5) is 22.3. The molecule has 0 heterocycles. The van der Waals surface area contributed by atoms with Crippen LogP contribution in [0.2, 0.25) is 0 Å². The average Bonchev–Trinajstić information content (AvgIpc) is 2.25. The van der Waals surface area contributed by atoms with E-state index in [1.54, 1.807) is 13.8 Å². The minimum Gasteiger partial charge on any atom is -0.465 e. The van der Waals surface area contributed by atoms with E-state index in [2.05, 4.69) is 0 Å². The van der Waals surface area contributed by atoms with Crippen molar-refractivity contribution in [3.63, 3.8) is 0 Å². The maximum atomic E-state index is 11.1. The van der Waals surface area contributed by atoms with Crippen LogP contribution in [0.4, 0.5) is 0 Å². The van der Waals surface area contributed by atoms with Gasteiger partial charge in [0, 0.05) is 0 Å². The molecule has 6 nitrogen and oxygen atoms in total. The van der Waals surface area contributed by atoms with Gasteiger partial charge in [0.15, 0.2) is 0 Å². The zero-order chi connectivity index (χ0) is 12.6. The Balaban J connectivity index is 3.86. The van der Waals surface area contributed by atoms with E-state index in [9.17, 15) is 9.59 Å². The lowest BCUT2D eigenvalue weighted by Crippen LogP contribution is -2.37. The molecule has 0 radical (unpaired) electrons. The molecule has 0 aromatic rings. The second kappa shape index (κ2) is 8.06. The maximum Gasteiger partial charge on any atom is 0.322 e. The molecular weight excluding hydrogens is 212 g/mol. The van der Waals surface area contributed by atoms with Gasteiger partial charge in [-0.05, 0) is 26.7 Å². The highest BCUT2D eigenvalue weighted by molar-refractivity contribution is 5.77. The first-order valence-corrected chi connectivity index (χ1v) is 5.37. The van der Waals surface area contributed by atoms with E-state index in [1.165, 1.54) is 0 Å². The molecule has 0 aliphatic carbocycles. The number of hydrogen-bond donors (Lipinski definition) is 2. The Morgan fingerprint density at radius 1 is 0.938 bits per heavy atom. The van der Waals surface area contributed by atoms with Crippen LogP contribution in [0.1, 0.15) is 26.7 Å². The predicted octanol–water partition coefficient (Wildman–Crippen LogP) is -0.453. The molecule has 0 saturated carbocycles. The SMILES string of the molecule is CCOC(=O)C(N)CCC(N)C(=O)OCC. The van der Waals surface area contributed by atoms with Crippen molar-refractivity contribution in [1.29, 1.82) is 0 Å². The van der Waals surface area contributed by atoms with Gasteiger partial charge in [-0.1, -0.05) is 0 Å². The van der Waals surface area contributed by atoms with Gasteiger partial charge < -0.3 is 20.9 Å². The molecule has 2 atom stereocenters. The molecule has 0 amide bonds. The Bertz CT molecular complexity index is 209. The summed E-state index contributed by atoms with van der Waals surface area (Å²) < 4.78 is 9.45. The number of carbonyl (C=O) groups is 2. The van der Waals surface area contributed by atoms with E-state index in [-0.39, 0.29) is 13.2 Å². The Morgan fingerprint density at radius 2 is 1.25 bits per heavy atom. The summed E-state index contributed by atoms with van der Waals surface area (Å²) >= 11 is 0. The molecule has 0 fully saturated rings. The Morgan fingerprint density at radius 3 is 1.50 bits per heavy atom. The highest BCUT2D eigenvalue weighted by Crippen LogP contribution is 2.02. The zero-order valence-electron chi connectivity index (χ0n) is 9.77. The summed E-state index contributed by atoms with van der Waals surface area (Å²) in [5.41, 5.74) is 11.1. The fourth-order valence-corrected chi connectivity index (χ4v) is 1.09. The smallest absolute Gasteiger partial charge is 0.322 e. The number of carbonyl (C=O) groups excluding carboxylic acids is 2. The van der Waals surface area contributed by atoms with Crippen molar-refractivity contribution in [3.8, 4) is 0 Å². The topological polar surface area (TPSA) is 105 Å². The molecule has 0 aliphatic heterocycles. The largest absolute Gasteiger partial charge is 0.465 e. The second-order valence-corrected chi connectivity index (χ2v) is 3.29. The van der Waals surface area contributed by atoms with Crippen LogP contribution in [-0.4, -0.2) is 37.2 Å². The standard InChI is InChI=1S/C10H20N2O4/c1-3-15-9(13)7(11)5-6-8(12)10(14)16-4-2/h7-8H,3-6,11-12H2,1-2H3. The van der Waals surface area contributed by atoms with Gasteiger partial charge in [0.05, 0.1) is 13.2 Å². The molecule has 4 N–H and O–H groups in total. The van der Waals surface area contributed by atoms with Crippen molar-refractivity contribution in [1.82, 2.24) is 0 Å². The van der Waals surface area contributed by atoms with Gasteiger partial charge >= 0.3 is 11.9 Å². The molecule has 16 heavy (non-hydrogen) atoms. The van der Waals surface area contributed by atoms with E-state index in [0.717, 1.165) is 0 Å². The van der Waals surface area contributed by atoms with Crippen molar-refractivity contribution in [2.45, 2.75) is 38.8 Å². The van der Waals surface area contributed by atoms with Gasteiger partial charge in [-0.2, -0.15) is 0 Å². The number of ether oxygens (including phenoxy) is 2. The molecule has 0 saturated heterocycles. The third kappa shape index (κ3) is 5.67. The first-order chi connectivity index (χ1) is 7.52. The Hall–Kier alpha value is -1.14. The van der Waals surface area contributed by atoms with Crippen LogP contribution in [0.15, 0.2) is 0 Å². The fraction of sp³-hybridized carbons (Fsp3) is 0.800. The Kier molecular flexibility index (Phi) is 7.49. The molecule has 6 heteroatoms. The number of nitrogens with two attached hydrogens (primary N) is 2. The molecule has 94 valence electrons. The van der Waals surface area contributed by atoms with Crippen molar-refractivity contribution in [2.24, 2.45) is 11.5 Å². The summed E-state index contributed by atoms with van der Waals surface area (Å²) in [5, 5.41) is 0. The van der Waals surface area contributed by atoms with Crippen LogP contribution < -0.4 is 11.5 Å². The van der Waals surface area contributed by atoms with E-state index < -0.39 is 24.0 Å². The first kappa shape index (κ1) is 14.9. The van der Waals surface area contributed by atoms with Gasteiger partial charge in [0.2, 0.25) is 0 Å². The Labute approximate surface area is 95.3 Å².